The van der Waals surface area contributed by atoms with Gasteiger partial charge < -0.3 is 20.1 Å². The fourth-order valence-corrected chi connectivity index (χ4v) is 4.70. The lowest BCUT2D eigenvalue weighted by Crippen LogP contribution is -2.36. The highest BCUT2D eigenvalue weighted by Crippen LogP contribution is 2.34. The van der Waals surface area contributed by atoms with Gasteiger partial charge in [0, 0.05) is 15.8 Å². The largest absolute Gasteiger partial charge is 0.493 e. The van der Waals surface area contributed by atoms with Crippen molar-refractivity contribution in [3.8, 4) is 11.5 Å². The van der Waals surface area contributed by atoms with E-state index >= 15 is 0 Å². The Morgan fingerprint density at radius 3 is 2.44 bits per heavy atom. The molecule has 0 aromatic heterocycles. The number of para-hydroxylation sites is 1. The maximum Gasteiger partial charge on any atom is 0.294 e. The summed E-state index contributed by atoms with van der Waals surface area (Å²) in [4.78, 5) is 51.1. The standard InChI is InChI=1S/C28H24BrN3O6S/c1-17-5-3-4-6-21(17)31-26(34)16-38-22-12-7-18(13-23(22)37-2)14-24-27(35)32(28(36)39-24)15-25(33)30-20-10-8-19(29)9-11-20/h3-14H,15-16H2,1-2H3,(H,30,33)(H,31,34)/b24-14-. The van der Waals surface area contributed by atoms with E-state index in [4.69, 9.17) is 9.47 Å². The predicted molar refractivity (Wildman–Crippen MR) is 154 cm³/mol. The fourth-order valence-electron chi connectivity index (χ4n) is 3.60. The number of anilines is 2. The number of hydrogen-bond donors (Lipinski definition) is 2. The SMILES string of the molecule is COc1cc(/C=C2\SC(=O)N(CC(=O)Nc3ccc(Br)cc3)C2=O)ccc1OCC(=O)Nc1ccccc1C. The number of thioether (sulfide) groups is 1. The number of carbonyl (C=O) groups excluding carboxylic acids is 4. The Morgan fingerprint density at radius 2 is 1.72 bits per heavy atom. The summed E-state index contributed by atoms with van der Waals surface area (Å²) in [5.74, 6) is -0.695. The molecule has 1 aliphatic heterocycles. The summed E-state index contributed by atoms with van der Waals surface area (Å²) < 4.78 is 11.9. The first-order valence-corrected chi connectivity index (χ1v) is 13.3. The second kappa shape index (κ2) is 12.6. The summed E-state index contributed by atoms with van der Waals surface area (Å²) in [6.45, 7) is 1.26. The fraction of sp³-hybridized carbons (Fsp3) is 0.143. The lowest BCUT2D eigenvalue weighted by Gasteiger charge is -2.13. The molecule has 0 unspecified atom stereocenters. The Labute approximate surface area is 237 Å². The molecule has 200 valence electrons. The van der Waals surface area contributed by atoms with Crippen molar-refractivity contribution >= 4 is 68.1 Å². The molecule has 4 rings (SSSR count). The number of amides is 4. The number of methoxy groups -OCH3 is 1. The Hall–Kier alpha value is -4.09. The van der Waals surface area contributed by atoms with Gasteiger partial charge in [0.1, 0.15) is 6.54 Å². The van der Waals surface area contributed by atoms with Gasteiger partial charge in [-0.15, -0.1) is 0 Å². The van der Waals surface area contributed by atoms with Crippen molar-refractivity contribution in [1.29, 1.82) is 0 Å². The molecular weight excluding hydrogens is 586 g/mol. The number of hydrogen-bond acceptors (Lipinski definition) is 7. The summed E-state index contributed by atoms with van der Waals surface area (Å²) >= 11 is 4.07. The molecular formula is C28H24BrN3O6S. The molecule has 1 fully saturated rings. The maximum atomic E-state index is 12.9. The monoisotopic (exact) mass is 609 g/mol. The molecule has 0 saturated carbocycles. The van der Waals surface area contributed by atoms with Crippen LogP contribution in [0.15, 0.2) is 76.1 Å². The first-order valence-electron chi connectivity index (χ1n) is 11.7. The van der Waals surface area contributed by atoms with Crippen LogP contribution in [0, 0.1) is 6.92 Å². The quantitative estimate of drug-likeness (QED) is 0.310. The maximum absolute atomic E-state index is 12.9. The van der Waals surface area contributed by atoms with Crippen molar-refractivity contribution in [2.75, 3.05) is 30.9 Å². The van der Waals surface area contributed by atoms with Crippen molar-refractivity contribution in [3.63, 3.8) is 0 Å². The molecule has 1 saturated heterocycles. The van der Waals surface area contributed by atoms with Crippen LogP contribution in [0.1, 0.15) is 11.1 Å². The average Bonchev–Trinajstić information content (AvgIpc) is 3.17. The number of rotatable bonds is 9. The second-order valence-electron chi connectivity index (χ2n) is 8.38. The number of benzene rings is 3. The van der Waals surface area contributed by atoms with Crippen molar-refractivity contribution < 1.29 is 28.7 Å². The van der Waals surface area contributed by atoms with Gasteiger partial charge in [-0.25, -0.2) is 0 Å². The van der Waals surface area contributed by atoms with E-state index in [0.717, 1.165) is 26.7 Å². The van der Waals surface area contributed by atoms with Crippen molar-refractivity contribution in [2.24, 2.45) is 0 Å². The highest BCUT2D eigenvalue weighted by atomic mass is 79.9. The van der Waals surface area contributed by atoms with Crippen LogP contribution in [0.25, 0.3) is 6.08 Å². The van der Waals surface area contributed by atoms with Crippen LogP contribution in [0.5, 0.6) is 11.5 Å². The van der Waals surface area contributed by atoms with Crippen molar-refractivity contribution in [2.45, 2.75) is 6.92 Å². The third kappa shape index (κ3) is 7.27. The normalized spacial score (nSPS) is 13.9. The zero-order chi connectivity index (χ0) is 27.9. The lowest BCUT2D eigenvalue weighted by atomic mass is 10.2. The van der Waals surface area contributed by atoms with Crippen LogP contribution in [0.4, 0.5) is 16.2 Å². The van der Waals surface area contributed by atoms with Gasteiger partial charge in [-0.05, 0) is 78.4 Å². The molecule has 39 heavy (non-hydrogen) atoms. The first-order chi connectivity index (χ1) is 18.7. The molecule has 0 bridgehead atoms. The predicted octanol–water partition coefficient (Wildman–Crippen LogP) is 5.46. The molecule has 3 aromatic carbocycles. The number of nitrogens with zero attached hydrogens (tertiary/aromatic N) is 1. The average molecular weight is 610 g/mol. The summed E-state index contributed by atoms with van der Waals surface area (Å²) in [6, 6.07) is 19.3. The van der Waals surface area contributed by atoms with E-state index in [-0.39, 0.29) is 17.4 Å². The number of imide groups is 1. The number of carbonyl (C=O) groups is 4. The van der Waals surface area contributed by atoms with Gasteiger partial charge in [-0.3, -0.25) is 24.1 Å². The van der Waals surface area contributed by atoms with Crippen LogP contribution in [-0.2, 0) is 14.4 Å². The molecule has 1 aliphatic rings. The molecule has 0 spiro atoms. The highest BCUT2D eigenvalue weighted by molar-refractivity contribution is 9.10. The van der Waals surface area contributed by atoms with Crippen LogP contribution in [-0.4, -0.2) is 48.1 Å². The van der Waals surface area contributed by atoms with Gasteiger partial charge in [0.25, 0.3) is 17.1 Å². The number of ether oxygens (including phenoxy) is 2. The van der Waals surface area contributed by atoms with Gasteiger partial charge in [-0.2, -0.15) is 0 Å². The van der Waals surface area contributed by atoms with Gasteiger partial charge >= 0.3 is 0 Å². The third-order valence-corrected chi connectivity index (χ3v) is 7.00. The first kappa shape index (κ1) is 27.9. The summed E-state index contributed by atoms with van der Waals surface area (Å²) in [5, 5.41) is 4.93. The Balaban J connectivity index is 1.38. The lowest BCUT2D eigenvalue weighted by molar-refractivity contribution is -0.127. The van der Waals surface area contributed by atoms with Crippen LogP contribution < -0.4 is 20.1 Å². The molecule has 3 aromatic rings. The highest BCUT2D eigenvalue weighted by Gasteiger charge is 2.36. The molecule has 4 amide bonds. The molecule has 9 nitrogen and oxygen atoms in total. The summed E-state index contributed by atoms with van der Waals surface area (Å²) in [6.07, 6.45) is 1.54. The van der Waals surface area contributed by atoms with Crippen LogP contribution >= 0.6 is 27.7 Å². The number of halogens is 1. The number of aryl methyl sites for hydroxylation is 1. The van der Waals surface area contributed by atoms with Gasteiger partial charge in [-0.1, -0.05) is 40.2 Å². The van der Waals surface area contributed by atoms with E-state index in [2.05, 4.69) is 26.6 Å². The smallest absolute Gasteiger partial charge is 0.294 e. The molecule has 1 heterocycles. The van der Waals surface area contributed by atoms with Crippen molar-refractivity contribution in [3.05, 3.63) is 87.2 Å². The minimum absolute atomic E-state index is 0.171. The van der Waals surface area contributed by atoms with Crippen molar-refractivity contribution in [1.82, 2.24) is 4.90 Å². The van der Waals surface area contributed by atoms with E-state index in [1.807, 2.05) is 25.1 Å². The second-order valence-corrected chi connectivity index (χ2v) is 10.3. The molecule has 0 atom stereocenters. The topological polar surface area (TPSA) is 114 Å². The van der Waals surface area contributed by atoms with Crippen LogP contribution in [0.2, 0.25) is 0 Å². The zero-order valence-corrected chi connectivity index (χ0v) is 23.4. The van der Waals surface area contributed by atoms with Gasteiger partial charge in [0.2, 0.25) is 5.91 Å². The van der Waals surface area contributed by atoms with E-state index in [1.165, 1.54) is 13.2 Å². The Kier molecular flexibility index (Phi) is 9.05. The van der Waals surface area contributed by atoms with Gasteiger partial charge in [0.05, 0.1) is 12.0 Å². The molecule has 0 radical (unpaired) electrons. The number of nitrogens with one attached hydrogen (secondary N) is 2. The third-order valence-electron chi connectivity index (χ3n) is 5.57. The molecule has 11 heteroatoms. The van der Waals surface area contributed by atoms with Crippen LogP contribution in [0.3, 0.4) is 0 Å². The van der Waals surface area contributed by atoms with E-state index in [0.29, 0.717) is 28.4 Å². The molecule has 0 aliphatic carbocycles. The van der Waals surface area contributed by atoms with E-state index in [9.17, 15) is 19.2 Å². The van der Waals surface area contributed by atoms with E-state index < -0.39 is 23.6 Å². The molecule has 2 N–H and O–H groups in total. The summed E-state index contributed by atoms with van der Waals surface area (Å²) in [7, 11) is 1.46. The van der Waals surface area contributed by atoms with Gasteiger partial charge in [0.15, 0.2) is 18.1 Å². The summed E-state index contributed by atoms with van der Waals surface area (Å²) in [5.41, 5.74) is 2.76. The zero-order valence-electron chi connectivity index (χ0n) is 21.0. The minimum atomic E-state index is -0.567. The Bertz CT molecular complexity index is 1460. The van der Waals surface area contributed by atoms with E-state index in [1.54, 1.807) is 48.5 Å². The minimum Gasteiger partial charge on any atom is -0.493 e. The Morgan fingerprint density at radius 1 is 0.974 bits per heavy atom.